The first-order valence-electron chi connectivity index (χ1n) is 5.90. The molecule has 1 aromatic rings. The highest BCUT2D eigenvalue weighted by Crippen LogP contribution is 2.10. The Labute approximate surface area is 103 Å². The van der Waals surface area contributed by atoms with Crippen molar-refractivity contribution in [3.63, 3.8) is 0 Å². The van der Waals surface area contributed by atoms with E-state index in [0.717, 1.165) is 13.0 Å². The normalized spacial score (nSPS) is 10.5. The largest absolute Gasteiger partial charge is 0.375 e. The van der Waals surface area contributed by atoms with Gasteiger partial charge in [0.05, 0.1) is 0 Å². The van der Waals surface area contributed by atoms with E-state index in [2.05, 4.69) is 29.4 Å². The lowest BCUT2D eigenvalue weighted by Gasteiger charge is -2.18. The Morgan fingerprint density at radius 2 is 2.06 bits per heavy atom. The van der Waals surface area contributed by atoms with Crippen LogP contribution < -0.4 is 10.2 Å². The van der Waals surface area contributed by atoms with Crippen molar-refractivity contribution in [1.82, 2.24) is 5.32 Å². The molecule has 17 heavy (non-hydrogen) atoms. The second-order valence-corrected chi connectivity index (χ2v) is 3.90. The van der Waals surface area contributed by atoms with Gasteiger partial charge in [-0.05, 0) is 31.6 Å². The lowest BCUT2D eigenvalue weighted by Crippen LogP contribution is -2.26. The summed E-state index contributed by atoms with van der Waals surface area (Å²) in [6.07, 6.45) is 4.22. The smallest absolute Gasteiger partial charge is 0.243 e. The van der Waals surface area contributed by atoms with Crippen LogP contribution in [0.5, 0.6) is 0 Å². The zero-order valence-electron chi connectivity index (χ0n) is 10.5. The van der Waals surface area contributed by atoms with E-state index in [1.54, 1.807) is 12.2 Å². The summed E-state index contributed by atoms with van der Waals surface area (Å²) in [4.78, 5) is 13.3. The molecule has 0 spiro atoms. The molecule has 0 aliphatic carbocycles. The number of anilines is 1. The second-order valence-electron chi connectivity index (χ2n) is 3.90. The van der Waals surface area contributed by atoms with E-state index < -0.39 is 0 Å². The molecule has 0 saturated heterocycles. The molecule has 0 unspecified atom stereocenters. The first-order valence-corrected chi connectivity index (χ1v) is 5.90. The number of carbonyl (C=O) groups is 1. The average molecular weight is 232 g/mol. The predicted octanol–water partition coefficient (Wildman–Crippen LogP) is 2.21. The molecular weight excluding hydrogens is 212 g/mol. The van der Waals surface area contributed by atoms with Crippen molar-refractivity contribution in [2.24, 2.45) is 0 Å². The third kappa shape index (κ3) is 5.20. The Bertz CT molecular complexity index is 360. The van der Waals surface area contributed by atoms with E-state index in [9.17, 15) is 4.79 Å². The van der Waals surface area contributed by atoms with Gasteiger partial charge in [-0.1, -0.05) is 24.3 Å². The van der Waals surface area contributed by atoms with Crippen LogP contribution in [0.2, 0.25) is 0 Å². The van der Waals surface area contributed by atoms with Crippen molar-refractivity contribution < 1.29 is 4.79 Å². The van der Waals surface area contributed by atoms with Crippen LogP contribution >= 0.6 is 0 Å². The molecule has 0 aliphatic heterocycles. The van der Waals surface area contributed by atoms with Gasteiger partial charge in [0.15, 0.2) is 0 Å². The number of carbonyl (C=O) groups excluding carboxylic acids is 1. The number of hydrogen-bond acceptors (Lipinski definition) is 2. The average Bonchev–Trinajstić information content (AvgIpc) is 2.36. The summed E-state index contributed by atoms with van der Waals surface area (Å²) in [5.74, 6) is -0.0186. The van der Waals surface area contributed by atoms with Gasteiger partial charge in [0, 0.05) is 25.8 Å². The Hall–Kier alpha value is -1.77. The number of rotatable bonds is 6. The molecule has 0 radical (unpaired) electrons. The van der Waals surface area contributed by atoms with Crippen molar-refractivity contribution >= 4 is 11.6 Å². The molecule has 1 amide bonds. The van der Waals surface area contributed by atoms with E-state index in [1.165, 1.54) is 5.69 Å². The van der Waals surface area contributed by atoms with Gasteiger partial charge in [0.25, 0.3) is 0 Å². The SMILES string of the molecule is CC=CC(=O)NCCCN(C)c1ccccc1. The summed E-state index contributed by atoms with van der Waals surface area (Å²) < 4.78 is 0. The Kier molecular flexibility index (Phi) is 5.86. The molecule has 0 aliphatic rings. The zero-order chi connectivity index (χ0) is 12.5. The number of nitrogens with one attached hydrogen (secondary N) is 1. The van der Waals surface area contributed by atoms with Crippen molar-refractivity contribution in [3.8, 4) is 0 Å². The van der Waals surface area contributed by atoms with E-state index in [0.29, 0.717) is 6.54 Å². The van der Waals surface area contributed by atoms with Crippen LogP contribution in [0.4, 0.5) is 5.69 Å². The second kappa shape index (κ2) is 7.49. The molecule has 92 valence electrons. The molecule has 0 atom stereocenters. The molecule has 1 rings (SSSR count). The number of nitrogens with zero attached hydrogens (tertiary/aromatic N) is 1. The van der Waals surface area contributed by atoms with Gasteiger partial charge in [0.2, 0.25) is 5.91 Å². The summed E-state index contributed by atoms with van der Waals surface area (Å²) in [5, 5.41) is 2.84. The minimum absolute atomic E-state index is 0.0186. The molecule has 3 nitrogen and oxygen atoms in total. The van der Waals surface area contributed by atoms with Crippen LogP contribution in [0.1, 0.15) is 13.3 Å². The maximum atomic E-state index is 11.1. The standard InChI is InChI=1S/C14H20N2O/c1-3-8-14(17)15-11-7-12-16(2)13-9-5-4-6-10-13/h3-6,8-10H,7,11-12H2,1-2H3,(H,15,17). The van der Waals surface area contributed by atoms with E-state index >= 15 is 0 Å². The fraction of sp³-hybridized carbons (Fsp3) is 0.357. The molecule has 0 aromatic heterocycles. The van der Waals surface area contributed by atoms with Crippen molar-refractivity contribution in [2.75, 3.05) is 25.0 Å². The molecule has 0 saturated carbocycles. The van der Waals surface area contributed by atoms with Gasteiger partial charge >= 0.3 is 0 Å². The summed E-state index contributed by atoms with van der Waals surface area (Å²) in [6, 6.07) is 10.2. The minimum atomic E-state index is -0.0186. The maximum Gasteiger partial charge on any atom is 0.243 e. The summed E-state index contributed by atoms with van der Waals surface area (Å²) in [6.45, 7) is 3.48. The molecule has 3 heteroatoms. The van der Waals surface area contributed by atoms with Crippen LogP contribution in [-0.2, 0) is 4.79 Å². The van der Waals surface area contributed by atoms with Crippen LogP contribution in [0.3, 0.4) is 0 Å². The van der Waals surface area contributed by atoms with Crippen LogP contribution in [0, 0.1) is 0 Å². The first-order chi connectivity index (χ1) is 8.24. The fourth-order valence-corrected chi connectivity index (χ4v) is 1.55. The van der Waals surface area contributed by atoms with Gasteiger partial charge in [-0.25, -0.2) is 0 Å². The van der Waals surface area contributed by atoms with Crippen molar-refractivity contribution in [1.29, 1.82) is 0 Å². The molecule has 1 aromatic carbocycles. The molecule has 0 fully saturated rings. The summed E-state index contributed by atoms with van der Waals surface area (Å²) >= 11 is 0. The fourth-order valence-electron chi connectivity index (χ4n) is 1.55. The van der Waals surface area contributed by atoms with Gasteiger partial charge in [-0.2, -0.15) is 0 Å². The lowest BCUT2D eigenvalue weighted by molar-refractivity contribution is -0.116. The Morgan fingerprint density at radius 1 is 1.35 bits per heavy atom. The third-order valence-electron chi connectivity index (χ3n) is 2.48. The summed E-state index contributed by atoms with van der Waals surface area (Å²) in [7, 11) is 2.06. The first kappa shape index (κ1) is 13.3. The number of allylic oxidation sites excluding steroid dienone is 1. The number of amides is 1. The number of benzene rings is 1. The van der Waals surface area contributed by atoms with Gasteiger partial charge < -0.3 is 10.2 Å². The van der Waals surface area contributed by atoms with E-state index in [-0.39, 0.29) is 5.91 Å². The van der Waals surface area contributed by atoms with Gasteiger partial charge in [-0.15, -0.1) is 0 Å². The van der Waals surface area contributed by atoms with E-state index in [4.69, 9.17) is 0 Å². The monoisotopic (exact) mass is 232 g/mol. The summed E-state index contributed by atoms with van der Waals surface area (Å²) in [5.41, 5.74) is 1.20. The number of para-hydroxylation sites is 1. The van der Waals surface area contributed by atoms with Crippen LogP contribution in [0.25, 0.3) is 0 Å². The molecule has 1 N–H and O–H groups in total. The van der Waals surface area contributed by atoms with Crippen molar-refractivity contribution in [3.05, 3.63) is 42.5 Å². The highest BCUT2D eigenvalue weighted by molar-refractivity contribution is 5.87. The Balaban J connectivity index is 2.21. The lowest BCUT2D eigenvalue weighted by atomic mass is 10.3. The van der Waals surface area contributed by atoms with Crippen LogP contribution in [-0.4, -0.2) is 26.0 Å². The molecule has 0 bridgehead atoms. The molecule has 0 heterocycles. The number of hydrogen-bond donors (Lipinski definition) is 1. The zero-order valence-corrected chi connectivity index (χ0v) is 10.5. The minimum Gasteiger partial charge on any atom is -0.375 e. The third-order valence-corrected chi connectivity index (χ3v) is 2.48. The van der Waals surface area contributed by atoms with Gasteiger partial charge in [-0.3, -0.25) is 4.79 Å². The topological polar surface area (TPSA) is 32.3 Å². The van der Waals surface area contributed by atoms with E-state index in [1.807, 2.05) is 25.1 Å². The maximum absolute atomic E-state index is 11.1. The Morgan fingerprint density at radius 3 is 2.71 bits per heavy atom. The molecular formula is C14H20N2O. The van der Waals surface area contributed by atoms with Crippen molar-refractivity contribution in [2.45, 2.75) is 13.3 Å². The highest BCUT2D eigenvalue weighted by Gasteiger charge is 1.99. The predicted molar refractivity (Wildman–Crippen MR) is 72.2 cm³/mol. The van der Waals surface area contributed by atoms with Gasteiger partial charge in [0.1, 0.15) is 0 Å². The quantitative estimate of drug-likeness (QED) is 0.602. The van der Waals surface area contributed by atoms with Crippen LogP contribution in [0.15, 0.2) is 42.5 Å². The highest BCUT2D eigenvalue weighted by atomic mass is 16.1.